The van der Waals surface area contributed by atoms with Crippen LogP contribution in [0, 0.1) is 0 Å². The first-order valence-corrected chi connectivity index (χ1v) is 18.0. The SMILES string of the molecule is Cl.Cn1cc(C[CH2][SnH]([CH3])[CH3])c2cc(CCS(N)(=O)=O)ccc21. The zero-order valence-electron chi connectivity index (χ0n) is 13.4. The van der Waals surface area contributed by atoms with E-state index in [1.165, 1.54) is 20.9 Å². The number of primary sulfonamides is 1. The molecule has 0 unspecified atom stereocenters. The molecule has 1 heterocycles. The van der Waals surface area contributed by atoms with Crippen LogP contribution in [-0.4, -0.2) is 38.5 Å². The number of sulfonamides is 1. The average molecular weight is 452 g/mol. The Morgan fingerprint density at radius 3 is 2.50 bits per heavy atom. The molecule has 0 saturated heterocycles. The molecule has 0 atom stereocenters. The van der Waals surface area contributed by atoms with Gasteiger partial charge in [-0.15, -0.1) is 12.4 Å². The first-order chi connectivity index (χ1) is 9.76. The Bertz CT molecular complexity index is 741. The fourth-order valence-corrected chi connectivity index (χ4v) is 5.64. The summed E-state index contributed by atoms with van der Waals surface area (Å²) < 4.78 is 25.7. The van der Waals surface area contributed by atoms with Gasteiger partial charge in [0.15, 0.2) is 0 Å². The van der Waals surface area contributed by atoms with Gasteiger partial charge in [0.1, 0.15) is 0 Å². The van der Waals surface area contributed by atoms with E-state index in [0.717, 1.165) is 12.0 Å². The van der Waals surface area contributed by atoms with Crippen molar-refractivity contribution < 1.29 is 8.42 Å². The molecule has 7 heteroatoms. The van der Waals surface area contributed by atoms with Crippen molar-refractivity contribution in [1.82, 2.24) is 4.57 Å². The second-order valence-corrected chi connectivity index (χ2v) is 17.5. The van der Waals surface area contributed by atoms with E-state index in [1.807, 2.05) is 6.07 Å². The van der Waals surface area contributed by atoms with Crippen molar-refractivity contribution >= 4 is 53.1 Å². The van der Waals surface area contributed by atoms with Gasteiger partial charge >= 0.3 is 134 Å². The molecule has 124 valence electrons. The van der Waals surface area contributed by atoms with Crippen molar-refractivity contribution in [3.05, 3.63) is 35.5 Å². The summed E-state index contributed by atoms with van der Waals surface area (Å²) in [6.07, 6.45) is 3.83. The van der Waals surface area contributed by atoms with Gasteiger partial charge in [0.05, 0.1) is 0 Å². The molecular weight excluding hydrogens is 426 g/mol. The third-order valence-electron chi connectivity index (χ3n) is 3.80. The van der Waals surface area contributed by atoms with Gasteiger partial charge in [-0.1, -0.05) is 0 Å². The van der Waals surface area contributed by atoms with Crippen LogP contribution in [0.25, 0.3) is 10.9 Å². The molecule has 0 spiro atoms. The molecule has 2 rings (SSSR count). The van der Waals surface area contributed by atoms with Gasteiger partial charge in [-0.05, 0) is 0 Å². The number of aromatic nitrogens is 1. The third-order valence-corrected chi connectivity index (χ3v) is 8.70. The van der Waals surface area contributed by atoms with Gasteiger partial charge < -0.3 is 0 Å². The molecule has 2 N–H and O–H groups in total. The molecule has 22 heavy (non-hydrogen) atoms. The Morgan fingerprint density at radius 1 is 1.23 bits per heavy atom. The van der Waals surface area contributed by atoms with E-state index in [0.29, 0.717) is 6.42 Å². The zero-order valence-corrected chi connectivity index (χ0v) is 18.3. The van der Waals surface area contributed by atoms with Crippen LogP contribution in [0.5, 0.6) is 0 Å². The molecule has 0 radical (unpaired) electrons. The summed E-state index contributed by atoms with van der Waals surface area (Å²) in [7, 11) is -1.33. The summed E-state index contributed by atoms with van der Waals surface area (Å²) in [6, 6.07) is 6.21. The number of nitrogens with two attached hydrogens (primary N) is 1. The van der Waals surface area contributed by atoms with E-state index in [4.69, 9.17) is 5.14 Å². The average Bonchev–Trinajstić information content (AvgIpc) is 2.70. The molecule has 0 aliphatic carbocycles. The predicted octanol–water partition coefficient (Wildman–Crippen LogP) is 2.46. The second-order valence-electron chi connectivity index (χ2n) is 6.17. The van der Waals surface area contributed by atoms with Crippen molar-refractivity contribution in [2.75, 3.05) is 5.75 Å². The monoisotopic (exact) mass is 452 g/mol. The number of rotatable bonds is 6. The molecule has 0 bridgehead atoms. The zero-order chi connectivity index (χ0) is 15.6. The maximum absolute atomic E-state index is 11.1. The van der Waals surface area contributed by atoms with Crippen molar-refractivity contribution in [1.29, 1.82) is 0 Å². The van der Waals surface area contributed by atoms with E-state index in [1.54, 1.807) is 0 Å². The molecular formula is C15H25ClN2O2SSn. The topological polar surface area (TPSA) is 65.1 Å². The molecule has 0 aliphatic rings. The van der Waals surface area contributed by atoms with Gasteiger partial charge in [0, 0.05) is 0 Å². The number of fused-ring (bicyclic) bond motifs is 1. The molecule has 0 fully saturated rings. The van der Waals surface area contributed by atoms with Gasteiger partial charge in [0.2, 0.25) is 0 Å². The Kier molecular flexibility index (Phi) is 7.23. The third kappa shape index (κ3) is 5.44. The van der Waals surface area contributed by atoms with Gasteiger partial charge in [-0.3, -0.25) is 0 Å². The van der Waals surface area contributed by atoms with Crippen LogP contribution in [0.1, 0.15) is 11.1 Å². The van der Waals surface area contributed by atoms with Crippen LogP contribution in [0.15, 0.2) is 24.4 Å². The number of benzene rings is 1. The van der Waals surface area contributed by atoms with Crippen LogP contribution in [0.2, 0.25) is 14.3 Å². The first-order valence-electron chi connectivity index (χ1n) is 7.33. The molecule has 0 amide bonds. The molecule has 0 saturated carbocycles. The van der Waals surface area contributed by atoms with Gasteiger partial charge in [-0.2, -0.15) is 0 Å². The summed E-state index contributed by atoms with van der Waals surface area (Å²) in [5.74, 6) is 0.00310. The van der Waals surface area contributed by atoms with Crippen molar-refractivity contribution in [3.8, 4) is 0 Å². The van der Waals surface area contributed by atoms with E-state index in [9.17, 15) is 8.42 Å². The predicted molar refractivity (Wildman–Crippen MR) is 99.2 cm³/mol. The van der Waals surface area contributed by atoms with Crippen LogP contribution in [-0.2, 0) is 29.9 Å². The maximum atomic E-state index is 11.1. The summed E-state index contributed by atoms with van der Waals surface area (Å²) in [6.45, 7) is 0. The van der Waals surface area contributed by atoms with E-state index < -0.39 is 29.8 Å². The first kappa shape index (κ1) is 19.8. The Hall–Kier alpha value is -0.241. The van der Waals surface area contributed by atoms with Crippen molar-refractivity contribution in [2.24, 2.45) is 12.2 Å². The number of hydrogen-bond donors (Lipinski definition) is 1. The van der Waals surface area contributed by atoms with Crippen LogP contribution >= 0.6 is 12.4 Å². The van der Waals surface area contributed by atoms with E-state index >= 15 is 0 Å². The Morgan fingerprint density at radius 2 is 1.91 bits per heavy atom. The van der Waals surface area contributed by atoms with Crippen LogP contribution < -0.4 is 5.14 Å². The summed E-state index contributed by atoms with van der Waals surface area (Å²) in [4.78, 5) is 4.87. The Balaban J connectivity index is 0.00000242. The molecule has 0 aliphatic heterocycles. The standard InChI is InChI=1S/C13H17N2O2S.2CH3.ClH.Sn.H/c1-3-11-9-15(2)13-5-4-10(8-12(11)13)6-7-18(14,16)17;;;;;/h4-5,8-9H,1,3,6-7H2,2H3,(H2,14,16,17);2*1H3;1H;;. The number of nitrogens with zero attached hydrogens (tertiary/aromatic N) is 1. The molecule has 1 aromatic heterocycles. The molecule has 4 nitrogen and oxygen atoms in total. The summed E-state index contributed by atoms with van der Waals surface area (Å²) in [5.41, 5.74) is 3.63. The van der Waals surface area contributed by atoms with Gasteiger partial charge in [-0.25, -0.2) is 0 Å². The summed E-state index contributed by atoms with van der Waals surface area (Å²) in [5, 5.41) is 6.35. The van der Waals surface area contributed by atoms with Crippen molar-refractivity contribution in [3.63, 3.8) is 0 Å². The van der Waals surface area contributed by atoms with E-state index in [-0.39, 0.29) is 18.2 Å². The van der Waals surface area contributed by atoms with Gasteiger partial charge in [0.25, 0.3) is 0 Å². The minimum atomic E-state index is -3.40. The van der Waals surface area contributed by atoms with Crippen LogP contribution in [0.3, 0.4) is 0 Å². The fraction of sp³-hybridized carbons (Fsp3) is 0.467. The van der Waals surface area contributed by atoms with E-state index in [2.05, 4.69) is 39.8 Å². The fourth-order valence-electron chi connectivity index (χ4n) is 2.58. The Labute approximate surface area is 146 Å². The second kappa shape index (κ2) is 8.04. The normalized spacial score (nSPS) is 11.9. The molecule has 1 aromatic carbocycles. The van der Waals surface area contributed by atoms with Crippen LogP contribution in [0.4, 0.5) is 0 Å². The number of aryl methyl sites for hydroxylation is 3. The minimum absolute atomic E-state index is 0. The quantitative estimate of drug-likeness (QED) is 0.686. The van der Waals surface area contributed by atoms with Crippen molar-refractivity contribution in [2.45, 2.75) is 27.2 Å². The molecule has 2 aromatic rings. The summed E-state index contributed by atoms with van der Waals surface area (Å²) >= 11 is -1.20. The number of hydrogen-bond acceptors (Lipinski definition) is 2. The number of halogens is 1.